The molecule has 2 aromatic rings. The number of benzene rings is 2. The second-order valence-electron chi connectivity index (χ2n) is 8.05. The van der Waals surface area contributed by atoms with Crippen LogP contribution < -0.4 is 14.8 Å². The van der Waals surface area contributed by atoms with Gasteiger partial charge in [-0.15, -0.1) is 0 Å². The molecule has 0 radical (unpaired) electrons. The SMILES string of the molecule is CCOc1ccc(C(=O)Nc2ccc(S(=O)(=O)N3CC(C)CC(C)C3)cc2)cc1OC. The Balaban J connectivity index is 1.72. The first kappa shape index (κ1) is 23.1. The number of hydrogen-bond acceptors (Lipinski definition) is 5. The maximum atomic E-state index is 13.0. The van der Waals surface area contributed by atoms with Crippen molar-refractivity contribution in [3.8, 4) is 11.5 Å². The highest BCUT2D eigenvalue weighted by atomic mass is 32.2. The van der Waals surface area contributed by atoms with Crippen LogP contribution >= 0.6 is 0 Å². The van der Waals surface area contributed by atoms with Gasteiger partial charge in [0.25, 0.3) is 5.91 Å². The lowest BCUT2D eigenvalue weighted by Gasteiger charge is -2.34. The molecule has 2 atom stereocenters. The second-order valence-corrected chi connectivity index (χ2v) is 9.98. The van der Waals surface area contributed by atoms with Crippen LogP contribution in [0.5, 0.6) is 11.5 Å². The minimum absolute atomic E-state index is 0.231. The maximum absolute atomic E-state index is 13.0. The number of nitrogens with one attached hydrogen (secondary N) is 1. The Kier molecular flexibility index (Phi) is 7.23. The van der Waals surface area contributed by atoms with Gasteiger partial charge < -0.3 is 14.8 Å². The molecule has 1 fully saturated rings. The van der Waals surface area contributed by atoms with E-state index in [0.717, 1.165) is 6.42 Å². The van der Waals surface area contributed by atoms with Gasteiger partial charge in [-0.05, 0) is 67.6 Å². The molecule has 168 valence electrons. The van der Waals surface area contributed by atoms with Crippen LogP contribution in [0, 0.1) is 11.8 Å². The summed E-state index contributed by atoms with van der Waals surface area (Å²) < 4.78 is 38.3. The quantitative estimate of drug-likeness (QED) is 0.695. The van der Waals surface area contributed by atoms with Gasteiger partial charge in [-0.25, -0.2) is 8.42 Å². The number of piperidine rings is 1. The third-order valence-corrected chi connectivity index (χ3v) is 7.16. The zero-order valence-corrected chi connectivity index (χ0v) is 19.2. The molecule has 1 aliphatic rings. The molecule has 1 amide bonds. The van der Waals surface area contributed by atoms with Crippen LogP contribution in [-0.2, 0) is 10.0 Å². The predicted octanol–water partition coefficient (Wildman–Crippen LogP) is 4.01. The number of amides is 1. The lowest BCUT2D eigenvalue weighted by Crippen LogP contribution is -2.42. The van der Waals surface area contributed by atoms with E-state index in [4.69, 9.17) is 9.47 Å². The van der Waals surface area contributed by atoms with Gasteiger partial charge in [-0.1, -0.05) is 13.8 Å². The number of nitrogens with zero attached hydrogens (tertiary/aromatic N) is 1. The normalized spacial score (nSPS) is 19.6. The van der Waals surface area contributed by atoms with E-state index in [9.17, 15) is 13.2 Å². The molecule has 31 heavy (non-hydrogen) atoms. The summed E-state index contributed by atoms with van der Waals surface area (Å²) in [5.41, 5.74) is 0.922. The molecular formula is C23H30N2O5S. The van der Waals surface area contributed by atoms with Crippen molar-refractivity contribution >= 4 is 21.6 Å². The standard InChI is InChI=1S/C23H30N2O5S/c1-5-30-21-11-6-18(13-22(21)29-4)23(26)24-19-7-9-20(10-8-19)31(27,28)25-14-16(2)12-17(3)15-25/h6-11,13,16-17H,5,12,14-15H2,1-4H3,(H,24,26). The molecule has 7 nitrogen and oxygen atoms in total. The molecule has 1 saturated heterocycles. The summed E-state index contributed by atoms with van der Waals surface area (Å²) in [6.07, 6.45) is 1.04. The van der Waals surface area contributed by atoms with Gasteiger partial charge in [0, 0.05) is 24.3 Å². The average Bonchev–Trinajstić information content (AvgIpc) is 2.74. The summed E-state index contributed by atoms with van der Waals surface area (Å²) in [5.74, 6) is 1.39. The molecule has 1 aliphatic heterocycles. The molecule has 1 N–H and O–H groups in total. The van der Waals surface area contributed by atoms with Crippen LogP contribution in [0.1, 0.15) is 37.6 Å². The van der Waals surface area contributed by atoms with Gasteiger partial charge in [0.1, 0.15) is 0 Å². The lowest BCUT2D eigenvalue weighted by molar-refractivity contribution is 0.102. The summed E-state index contributed by atoms with van der Waals surface area (Å²) >= 11 is 0. The Bertz CT molecular complexity index is 1010. The van der Waals surface area contributed by atoms with E-state index in [1.54, 1.807) is 34.6 Å². The van der Waals surface area contributed by atoms with Crippen molar-refractivity contribution in [3.05, 3.63) is 48.0 Å². The number of carbonyl (C=O) groups excluding carboxylic acids is 1. The van der Waals surface area contributed by atoms with Gasteiger partial charge in [0.05, 0.1) is 18.6 Å². The largest absolute Gasteiger partial charge is 0.493 e. The number of carbonyl (C=O) groups is 1. The van der Waals surface area contributed by atoms with E-state index < -0.39 is 10.0 Å². The fourth-order valence-electron chi connectivity index (χ4n) is 3.95. The summed E-state index contributed by atoms with van der Waals surface area (Å²) in [4.78, 5) is 12.8. The lowest BCUT2D eigenvalue weighted by atomic mass is 9.94. The van der Waals surface area contributed by atoms with Gasteiger partial charge in [-0.3, -0.25) is 4.79 Å². The smallest absolute Gasteiger partial charge is 0.255 e. The topological polar surface area (TPSA) is 84.9 Å². The summed E-state index contributed by atoms with van der Waals surface area (Å²) in [6.45, 7) is 7.58. The third kappa shape index (κ3) is 5.37. The van der Waals surface area contributed by atoms with Crippen molar-refractivity contribution < 1.29 is 22.7 Å². The van der Waals surface area contributed by atoms with E-state index in [-0.39, 0.29) is 10.8 Å². The van der Waals surface area contributed by atoms with Crippen molar-refractivity contribution in [1.29, 1.82) is 0 Å². The molecule has 0 bridgehead atoms. The minimum Gasteiger partial charge on any atom is -0.493 e. The molecule has 2 unspecified atom stereocenters. The number of hydrogen-bond donors (Lipinski definition) is 1. The first-order valence-corrected chi connectivity index (χ1v) is 11.9. The van der Waals surface area contributed by atoms with Crippen LogP contribution in [0.25, 0.3) is 0 Å². The molecular weight excluding hydrogens is 416 g/mol. The van der Waals surface area contributed by atoms with E-state index in [1.807, 2.05) is 6.92 Å². The van der Waals surface area contributed by atoms with Gasteiger partial charge >= 0.3 is 0 Å². The van der Waals surface area contributed by atoms with E-state index in [2.05, 4.69) is 19.2 Å². The van der Waals surface area contributed by atoms with Gasteiger partial charge in [0.15, 0.2) is 11.5 Å². The molecule has 3 rings (SSSR count). The molecule has 0 spiro atoms. The average molecular weight is 447 g/mol. The van der Waals surface area contributed by atoms with Crippen LogP contribution in [0.2, 0.25) is 0 Å². The number of anilines is 1. The van der Waals surface area contributed by atoms with Crippen molar-refractivity contribution in [2.24, 2.45) is 11.8 Å². The molecule has 1 heterocycles. The van der Waals surface area contributed by atoms with Crippen molar-refractivity contribution in [2.75, 3.05) is 32.1 Å². The van der Waals surface area contributed by atoms with E-state index in [0.29, 0.717) is 54.3 Å². The first-order chi connectivity index (χ1) is 14.7. The zero-order chi connectivity index (χ0) is 22.6. The fourth-order valence-corrected chi connectivity index (χ4v) is 5.63. The summed E-state index contributed by atoms with van der Waals surface area (Å²) in [5, 5.41) is 2.79. The summed E-state index contributed by atoms with van der Waals surface area (Å²) in [6, 6.07) is 11.2. The van der Waals surface area contributed by atoms with Crippen LogP contribution in [-0.4, -0.2) is 45.4 Å². The van der Waals surface area contributed by atoms with Crippen molar-refractivity contribution in [1.82, 2.24) is 4.31 Å². The van der Waals surface area contributed by atoms with Gasteiger partial charge in [-0.2, -0.15) is 4.31 Å². The monoisotopic (exact) mass is 446 g/mol. The number of methoxy groups -OCH3 is 1. The summed E-state index contributed by atoms with van der Waals surface area (Å²) in [7, 11) is -2.04. The Hall–Kier alpha value is -2.58. The highest BCUT2D eigenvalue weighted by Gasteiger charge is 2.31. The van der Waals surface area contributed by atoms with Crippen molar-refractivity contribution in [2.45, 2.75) is 32.1 Å². The Morgan fingerprint density at radius 3 is 2.29 bits per heavy atom. The zero-order valence-electron chi connectivity index (χ0n) is 18.4. The Labute approximate surface area is 184 Å². The highest BCUT2D eigenvalue weighted by molar-refractivity contribution is 7.89. The van der Waals surface area contributed by atoms with E-state index in [1.165, 1.54) is 19.2 Å². The fraction of sp³-hybridized carbons (Fsp3) is 0.435. The minimum atomic E-state index is -3.55. The van der Waals surface area contributed by atoms with Crippen LogP contribution in [0.3, 0.4) is 0 Å². The molecule has 8 heteroatoms. The van der Waals surface area contributed by atoms with Crippen LogP contribution in [0.15, 0.2) is 47.4 Å². The third-order valence-electron chi connectivity index (χ3n) is 5.31. The van der Waals surface area contributed by atoms with Crippen molar-refractivity contribution in [3.63, 3.8) is 0 Å². The van der Waals surface area contributed by atoms with Crippen LogP contribution in [0.4, 0.5) is 5.69 Å². The number of rotatable bonds is 7. The number of sulfonamides is 1. The Morgan fingerprint density at radius 2 is 1.71 bits per heavy atom. The second kappa shape index (κ2) is 9.70. The van der Waals surface area contributed by atoms with Gasteiger partial charge in [0.2, 0.25) is 10.0 Å². The van der Waals surface area contributed by atoms with E-state index >= 15 is 0 Å². The molecule has 0 aromatic heterocycles. The molecule has 2 aromatic carbocycles. The highest BCUT2D eigenvalue weighted by Crippen LogP contribution is 2.29. The number of ether oxygens (including phenoxy) is 2. The predicted molar refractivity (Wildman–Crippen MR) is 120 cm³/mol. The molecule has 0 saturated carbocycles. The first-order valence-electron chi connectivity index (χ1n) is 10.5. The molecule has 0 aliphatic carbocycles. The Morgan fingerprint density at radius 1 is 1.06 bits per heavy atom. The maximum Gasteiger partial charge on any atom is 0.255 e.